The average Bonchev–Trinajstić information content (AvgIpc) is 2.89. The van der Waals surface area contributed by atoms with E-state index in [1.54, 1.807) is 0 Å². The van der Waals surface area contributed by atoms with Gasteiger partial charge in [0, 0.05) is 22.3 Å². The Kier molecular flexibility index (Phi) is 7.19. The Labute approximate surface area is 200 Å². The molecule has 0 aliphatic rings. The van der Waals surface area contributed by atoms with Crippen LogP contribution in [0.15, 0.2) is 84.9 Å². The van der Waals surface area contributed by atoms with Gasteiger partial charge in [-0.1, -0.05) is 71.9 Å². The zero-order valence-electron chi connectivity index (χ0n) is 18.5. The highest BCUT2D eigenvalue weighted by Crippen LogP contribution is 2.25. The van der Waals surface area contributed by atoms with E-state index >= 15 is 0 Å². The first kappa shape index (κ1) is 22.2. The SMILES string of the molecule is C#Cc1ccccc1C#CCOc1ccc2ccc(OCC#Cc3ccccc3C#C)cc2c1. The van der Waals surface area contributed by atoms with Gasteiger partial charge < -0.3 is 9.47 Å². The van der Waals surface area contributed by atoms with Crippen LogP contribution in [0.4, 0.5) is 0 Å². The van der Waals surface area contributed by atoms with Crippen LogP contribution in [0.1, 0.15) is 22.3 Å². The molecule has 0 unspecified atom stereocenters. The van der Waals surface area contributed by atoms with E-state index in [4.69, 9.17) is 22.3 Å². The molecule has 4 rings (SSSR count). The van der Waals surface area contributed by atoms with Crippen molar-refractivity contribution in [2.24, 2.45) is 0 Å². The van der Waals surface area contributed by atoms with Gasteiger partial charge >= 0.3 is 0 Å². The first-order chi connectivity index (χ1) is 16.8. The van der Waals surface area contributed by atoms with Gasteiger partial charge in [-0.05, 0) is 59.3 Å². The van der Waals surface area contributed by atoms with E-state index in [2.05, 4.69) is 35.5 Å². The number of fused-ring (bicyclic) bond motifs is 1. The van der Waals surface area contributed by atoms with Gasteiger partial charge in [0.05, 0.1) is 0 Å². The predicted octanol–water partition coefficient (Wildman–Crippen LogP) is 5.66. The molecule has 2 heteroatoms. The van der Waals surface area contributed by atoms with E-state index < -0.39 is 0 Å². The van der Waals surface area contributed by atoms with Crippen LogP contribution in [0.5, 0.6) is 11.5 Å². The molecule has 4 aromatic rings. The van der Waals surface area contributed by atoms with Crippen LogP contribution in [0.25, 0.3) is 10.8 Å². The van der Waals surface area contributed by atoms with E-state index in [1.165, 1.54) is 0 Å². The van der Waals surface area contributed by atoms with E-state index in [9.17, 15) is 0 Å². The van der Waals surface area contributed by atoms with Gasteiger partial charge in [0.25, 0.3) is 0 Å². The monoisotopic (exact) mass is 436 g/mol. The molecule has 0 bridgehead atoms. The Balaban J connectivity index is 1.40. The van der Waals surface area contributed by atoms with Crippen molar-refractivity contribution >= 4 is 10.8 Å². The summed E-state index contributed by atoms with van der Waals surface area (Å²) in [6.07, 6.45) is 11.0. The van der Waals surface area contributed by atoms with E-state index in [0.717, 1.165) is 44.5 Å². The summed E-state index contributed by atoms with van der Waals surface area (Å²) in [7, 11) is 0. The minimum atomic E-state index is 0.259. The predicted molar refractivity (Wildman–Crippen MR) is 137 cm³/mol. The number of rotatable bonds is 4. The Morgan fingerprint density at radius 3 is 1.41 bits per heavy atom. The van der Waals surface area contributed by atoms with Crippen LogP contribution in [0.3, 0.4) is 0 Å². The molecule has 0 atom stereocenters. The Hall–Kier alpha value is -5.02. The summed E-state index contributed by atoms with van der Waals surface area (Å²) in [6.45, 7) is 0.518. The minimum absolute atomic E-state index is 0.259. The van der Waals surface area contributed by atoms with E-state index in [-0.39, 0.29) is 13.2 Å². The molecule has 160 valence electrons. The third-order valence-corrected chi connectivity index (χ3v) is 5.02. The molecule has 0 spiro atoms. The van der Waals surface area contributed by atoms with Crippen molar-refractivity contribution in [1.82, 2.24) is 0 Å². The third kappa shape index (κ3) is 5.61. The second-order valence-electron chi connectivity index (χ2n) is 7.23. The molecule has 34 heavy (non-hydrogen) atoms. The standard InChI is InChI=1S/C32H20O2/c1-3-25-11-5-7-13-27(25)15-9-21-33-31-19-17-29-18-20-32(24-30(29)23-31)34-22-10-16-28-14-8-6-12-26(28)4-2/h1-2,5-8,11-14,17-20,23-24H,21-22H2. The lowest BCUT2D eigenvalue weighted by Crippen LogP contribution is -1.95. The lowest BCUT2D eigenvalue weighted by Gasteiger charge is -2.07. The van der Waals surface area contributed by atoms with Gasteiger partial charge in [0.1, 0.15) is 24.7 Å². The lowest BCUT2D eigenvalue weighted by molar-refractivity contribution is 0.369. The molecule has 0 heterocycles. The van der Waals surface area contributed by atoms with Gasteiger partial charge in [-0.3, -0.25) is 0 Å². The molecule has 0 aromatic heterocycles. The number of ether oxygens (including phenoxy) is 2. The van der Waals surface area contributed by atoms with E-state index in [0.29, 0.717) is 0 Å². The van der Waals surface area contributed by atoms with Crippen LogP contribution >= 0.6 is 0 Å². The molecule has 0 radical (unpaired) electrons. The van der Waals surface area contributed by atoms with Gasteiger partial charge in [-0.15, -0.1) is 12.8 Å². The van der Waals surface area contributed by atoms with Crippen molar-refractivity contribution in [3.63, 3.8) is 0 Å². The molecule has 0 saturated carbocycles. The van der Waals surface area contributed by atoms with Crippen LogP contribution < -0.4 is 9.47 Å². The Morgan fingerprint density at radius 2 is 0.971 bits per heavy atom. The molecular weight excluding hydrogens is 416 g/mol. The first-order valence-corrected chi connectivity index (χ1v) is 10.7. The van der Waals surface area contributed by atoms with Crippen LogP contribution in [-0.4, -0.2) is 13.2 Å². The second kappa shape index (κ2) is 11.0. The topological polar surface area (TPSA) is 18.5 Å². The highest BCUT2D eigenvalue weighted by molar-refractivity contribution is 5.85. The number of hydrogen-bond acceptors (Lipinski definition) is 2. The maximum atomic E-state index is 5.81. The number of benzene rings is 4. The summed E-state index contributed by atoms with van der Waals surface area (Å²) in [5.41, 5.74) is 3.19. The quantitative estimate of drug-likeness (QED) is 0.384. The minimum Gasteiger partial charge on any atom is -0.481 e. The van der Waals surface area contributed by atoms with Crippen molar-refractivity contribution in [1.29, 1.82) is 0 Å². The molecule has 0 fully saturated rings. The van der Waals surface area contributed by atoms with Crippen molar-refractivity contribution in [3.05, 3.63) is 107 Å². The maximum absolute atomic E-state index is 5.81. The summed E-state index contributed by atoms with van der Waals surface area (Å²) in [4.78, 5) is 0. The summed E-state index contributed by atoms with van der Waals surface area (Å²) >= 11 is 0. The molecule has 0 amide bonds. The Morgan fingerprint density at radius 1 is 0.529 bits per heavy atom. The van der Waals surface area contributed by atoms with Crippen molar-refractivity contribution in [3.8, 4) is 59.9 Å². The molecular formula is C32H20O2. The molecule has 2 nitrogen and oxygen atoms in total. The first-order valence-electron chi connectivity index (χ1n) is 10.7. The Bertz CT molecular complexity index is 1430. The average molecular weight is 437 g/mol. The summed E-state index contributed by atoms with van der Waals surface area (Å²) in [5, 5.41) is 2.09. The van der Waals surface area contributed by atoms with Crippen molar-refractivity contribution in [2.75, 3.05) is 13.2 Å². The van der Waals surface area contributed by atoms with Crippen LogP contribution in [0, 0.1) is 48.4 Å². The zero-order chi connectivity index (χ0) is 23.6. The fourth-order valence-electron chi connectivity index (χ4n) is 3.32. The molecule has 0 saturated heterocycles. The fraction of sp³-hybridized carbons (Fsp3) is 0.0625. The lowest BCUT2D eigenvalue weighted by atomic mass is 10.1. The summed E-state index contributed by atoms with van der Waals surface area (Å²) in [6, 6.07) is 27.0. The zero-order valence-corrected chi connectivity index (χ0v) is 18.5. The molecule has 4 aromatic carbocycles. The highest BCUT2D eigenvalue weighted by atomic mass is 16.5. The van der Waals surface area contributed by atoms with E-state index in [1.807, 2.05) is 84.9 Å². The largest absolute Gasteiger partial charge is 0.481 e. The van der Waals surface area contributed by atoms with Gasteiger partial charge in [-0.25, -0.2) is 0 Å². The molecule has 0 aliphatic carbocycles. The van der Waals surface area contributed by atoms with Crippen molar-refractivity contribution < 1.29 is 9.47 Å². The second-order valence-corrected chi connectivity index (χ2v) is 7.23. The summed E-state index contributed by atoms with van der Waals surface area (Å²) < 4.78 is 11.6. The number of terminal acetylenes is 2. The van der Waals surface area contributed by atoms with Crippen molar-refractivity contribution in [2.45, 2.75) is 0 Å². The van der Waals surface area contributed by atoms with Crippen LogP contribution in [0.2, 0.25) is 0 Å². The summed E-state index contributed by atoms with van der Waals surface area (Å²) in [5.74, 6) is 18.9. The van der Waals surface area contributed by atoms with Crippen LogP contribution in [-0.2, 0) is 0 Å². The van der Waals surface area contributed by atoms with Gasteiger partial charge in [0.15, 0.2) is 0 Å². The normalized spacial score (nSPS) is 9.47. The highest BCUT2D eigenvalue weighted by Gasteiger charge is 2.01. The maximum Gasteiger partial charge on any atom is 0.149 e. The number of hydrogen-bond donors (Lipinski definition) is 0. The third-order valence-electron chi connectivity index (χ3n) is 5.02. The fourth-order valence-corrected chi connectivity index (χ4v) is 3.32. The van der Waals surface area contributed by atoms with Gasteiger partial charge in [0.2, 0.25) is 0 Å². The molecule has 0 N–H and O–H groups in total. The smallest absolute Gasteiger partial charge is 0.149 e. The van der Waals surface area contributed by atoms with Gasteiger partial charge in [-0.2, -0.15) is 0 Å². The molecule has 0 aliphatic heterocycles.